The number of hydrogen-bond acceptors (Lipinski definition) is 2. The Morgan fingerprint density at radius 1 is 1.64 bits per heavy atom. The second kappa shape index (κ2) is 4.91. The molecular formula is C7H11ClN2O. The van der Waals surface area contributed by atoms with Gasteiger partial charge in [0.1, 0.15) is 5.78 Å². The summed E-state index contributed by atoms with van der Waals surface area (Å²) in [6, 6.07) is 0. The molecule has 0 bridgehead atoms. The maximum Gasteiger partial charge on any atom is 0.131 e. The summed E-state index contributed by atoms with van der Waals surface area (Å²) in [5, 5.41) is 0. The van der Waals surface area contributed by atoms with Crippen molar-refractivity contribution in [3.05, 3.63) is 18.7 Å². The van der Waals surface area contributed by atoms with E-state index in [1.54, 1.807) is 19.4 Å². The maximum absolute atomic E-state index is 10.5. The van der Waals surface area contributed by atoms with Crippen LogP contribution >= 0.6 is 12.4 Å². The van der Waals surface area contributed by atoms with Gasteiger partial charge in [-0.2, -0.15) is 0 Å². The Kier molecular flexibility index (Phi) is 4.54. The van der Waals surface area contributed by atoms with Gasteiger partial charge >= 0.3 is 0 Å². The SMILES string of the molecule is CC(=O)CCn1ccnc1.Cl. The van der Waals surface area contributed by atoms with Crippen LogP contribution in [0, 0.1) is 0 Å². The number of nitrogens with zero attached hydrogens (tertiary/aromatic N) is 2. The zero-order chi connectivity index (χ0) is 7.40. The van der Waals surface area contributed by atoms with Crippen molar-refractivity contribution in [3.63, 3.8) is 0 Å². The summed E-state index contributed by atoms with van der Waals surface area (Å²) in [5.74, 6) is 0.216. The van der Waals surface area contributed by atoms with Gasteiger partial charge in [-0.15, -0.1) is 12.4 Å². The largest absolute Gasteiger partial charge is 0.337 e. The topological polar surface area (TPSA) is 34.9 Å². The van der Waals surface area contributed by atoms with Crippen molar-refractivity contribution < 1.29 is 4.79 Å². The van der Waals surface area contributed by atoms with Crippen LogP contribution in [0.2, 0.25) is 0 Å². The summed E-state index contributed by atoms with van der Waals surface area (Å²) in [6.07, 6.45) is 5.86. The van der Waals surface area contributed by atoms with Crippen LogP contribution in [0.5, 0.6) is 0 Å². The second-order valence-electron chi connectivity index (χ2n) is 2.25. The quantitative estimate of drug-likeness (QED) is 0.692. The standard InChI is InChI=1S/C7H10N2O.ClH/c1-7(10)2-4-9-5-3-8-6-9;/h3,5-6H,2,4H2,1H3;1H. The van der Waals surface area contributed by atoms with Gasteiger partial charge in [-0.05, 0) is 6.92 Å². The molecule has 0 N–H and O–H groups in total. The molecule has 0 radical (unpaired) electrons. The number of hydrogen-bond donors (Lipinski definition) is 0. The molecule has 1 heterocycles. The summed E-state index contributed by atoms with van der Waals surface area (Å²) in [5.41, 5.74) is 0. The summed E-state index contributed by atoms with van der Waals surface area (Å²) < 4.78 is 1.89. The Balaban J connectivity index is 0.000001000. The highest BCUT2D eigenvalue weighted by Crippen LogP contribution is 1.90. The minimum absolute atomic E-state index is 0. The van der Waals surface area contributed by atoms with E-state index in [-0.39, 0.29) is 18.2 Å². The Hall–Kier alpha value is -0.830. The van der Waals surface area contributed by atoms with Crippen molar-refractivity contribution >= 4 is 18.2 Å². The zero-order valence-corrected chi connectivity index (χ0v) is 7.17. The van der Waals surface area contributed by atoms with Crippen LogP contribution < -0.4 is 0 Å². The average Bonchev–Trinajstić information content (AvgIpc) is 2.34. The Bertz CT molecular complexity index is 208. The van der Waals surface area contributed by atoms with E-state index >= 15 is 0 Å². The molecule has 0 aliphatic rings. The molecule has 0 unspecified atom stereocenters. The third kappa shape index (κ3) is 3.78. The molecule has 0 aliphatic carbocycles. The first kappa shape index (κ1) is 10.2. The molecule has 0 atom stereocenters. The van der Waals surface area contributed by atoms with Crippen LogP contribution in [0.1, 0.15) is 13.3 Å². The lowest BCUT2D eigenvalue weighted by Gasteiger charge is -1.96. The van der Waals surface area contributed by atoms with Crippen LogP contribution in [0.25, 0.3) is 0 Å². The van der Waals surface area contributed by atoms with Gasteiger partial charge in [0.2, 0.25) is 0 Å². The van der Waals surface area contributed by atoms with E-state index in [2.05, 4.69) is 4.98 Å². The third-order valence-corrected chi connectivity index (χ3v) is 1.28. The van der Waals surface area contributed by atoms with Crippen LogP contribution in [-0.4, -0.2) is 15.3 Å². The minimum atomic E-state index is 0. The maximum atomic E-state index is 10.5. The predicted octanol–water partition coefficient (Wildman–Crippen LogP) is 1.28. The highest BCUT2D eigenvalue weighted by molar-refractivity contribution is 5.85. The van der Waals surface area contributed by atoms with Crippen molar-refractivity contribution in [3.8, 4) is 0 Å². The molecule has 0 amide bonds. The number of aromatic nitrogens is 2. The molecule has 11 heavy (non-hydrogen) atoms. The van der Waals surface area contributed by atoms with E-state index in [1.807, 2.05) is 10.8 Å². The van der Waals surface area contributed by atoms with E-state index in [4.69, 9.17) is 0 Å². The lowest BCUT2D eigenvalue weighted by molar-refractivity contribution is -0.117. The van der Waals surface area contributed by atoms with Crippen LogP contribution in [0.3, 0.4) is 0 Å². The van der Waals surface area contributed by atoms with Crippen molar-refractivity contribution in [1.82, 2.24) is 9.55 Å². The normalized spacial score (nSPS) is 8.82. The van der Waals surface area contributed by atoms with E-state index in [0.29, 0.717) is 6.42 Å². The summed E-state index contributed by atoms with van der Waals surface area (Å²) >= 11 is 0. The van der Waals surface area contributed by atoms with Crippen molar-refractivity contribution in [2.24, 2.45) is 0 Å². The third-order valence-electron chi connectivity index (χ3n) is 1.28. The lowest BCUT2D eigenvalue weighted by atomic mass is 10.3. The number of ketones is 1. The van der Waals surface area contributed by atoms with Crippen molar-refractivity contribution in [2.45, 2.75) is 19.9 Å². The molecule has 1 aromatic heterocycles. The molecule has 1 aromatic rings. The fraction of sp³-hybridized carbons (Fsp3) is 0.429. The fourth-order valence-electron chi connectivity index (χ4n) is 0.706. The fourth-order valence-corrected chi connectivity index (χ4v) is 0.706. The first-order chi connectivity index (χ1) is 4.79. The second-order valence-corrected chi connectivity index (χ2v) is 2.25. The minimum Gasteiger partial charge on any atom is -0.337 e. The van der Waals surface area contributed by atoms with E-state index in [9.17, 15) is 4.79 Å². The molecule has 0 fully saturated rings. The number of aryl methyl sites for hydroxylation is 1. The summed E-state index contributed by atoms with van der Waals surface area (Å²) in [7, 11) is 0. The average molecular weight is 175 g/mol. The van der Waals surface area contributed by atoms with Gasteiger partial charge in [-0.1, -0.05) is 0 Å². The first-order valence-electron chi connectivity index (χ1n) is 3.24. The molecule has 0 saturated carbocycles. The predicted molar refractivity (Wildman–Crippen MR) is 44.8 cm³/mol. The van der Waals surface area contributed by atoms with Crippen LogP contribution in [0.15, 0.2) is 18.7 Å². The van der Waals surface area contributed by atoms with Gasteiger partial charge in [-0.3, -0.25) is 4.79 Å². The van der Waals surface area contributed by atoms with Gasteiger partial charge in [0.15, 0.2) is 0 Å². The van der Waals surface area contributed by atoms with Gasteiger partial charge in [0.05, 0.1) is 6.33 Å². The van der Waals surface area contributed by atoms with E-state index in [0.717, 1.165) is 6.54 Å². The highest BCUT2D eigenvalue weighted by Gasteiger charge is 1.92. The number of halogens is 1. The molecule has 0 aromatic carbocycles. The molecular weight excluding hydrogens is 164 g/mol. The number of rotatable bonds is 3. The monoisotopic (exact) mass is 174 g/mol. The Labute approximate surface area is 71.8 Å². The van der Waals surface area contributed by atoms with E-state index < -0.39 is 0 Å². The van der Waals surface area contributed by atoms with Crippen molar-refractivity contribution in [1.29, 1.82) is 0 Å². The summed E-state index contributed by atoms with van der Waals surface area (Å²) in [4.78, 5) is 14.4. The van der Waals surface area contributed by atoms with Gasteiger partial charge in [0, 0.05) is 25.4 Å². The molecule has 0 aliphatic heterocycles. The van der Waals surface area contributed by atoms with Crippen molar-refractivity contribution in [2.75, 3.05) is 0 Å². The molecule has 0 saturated heterocycles. The molecule has 1 rings (SSSR count). The Morgan fingerprint density at radius 2 is 2.36 bits per heavy atom. The zero-order valence-electron chi connectivity index (χ0n) is 6.36. The molecule has 4 heteroatoms. The van der Waals surface area contributed by atoms with Gasteiger partial charge in [-0.25, -0.2) is 4.98 Å². The van der Waals surface area contributed by atoms with Crippen LogP contribution in [-0.2, 0) is 11.3 Å². The number of imidazole rings is 1. The first-order valence-corrected chi connectivity index (χ1v) is 3.24. The van der Waals surface area contributed by atoms with E-state index in [1.165, 1.54) is 0 Å². The lowest BCUT2D eigenvalue weighted by Crippen LogP contribution is -1.99. The number of carbonyl (C=O) groups is 1. The molecule has 0 spiro atoms. The smallest absolute Gasteiger partial charge is 0.131 e. The van der Waals surface area contributed by atoms with Gasteiger partial charge in [0.25, 0.3) is 0 Å². The Morgan fingerprint density at radius 3 is 2.82 bits per heavy atom. The highest BCUT2D eigenvalue weighted by atomic mass is 35.5. The summed E-state index contributed by atoms with van der Waals surface area (Å²) in [6.45, 7) is 2.34. The number of carbonyl (C=O) groups excluding carboxylic acids is 1. The molecule has 3 nitrogen and oxygen atoms in total. The van der Waals surface area contributed by atoms with Crippen LogP contribution in [0.4, 0.5) is 0 Å². The molecule has 62 valence electrons. The number of Topliss-reactive ketones (excluding diaryl/α,β-unsaturated/α-hetero) is 1. The van der Waals surface area contributed by atoms with Gasteiger partial charge < -0.3 is 4.57 Å².